The SMILES string of the molecule is Cc1cc2c3c(c1)Sc1cc4c(-c5ccccc5)oc(-c5ccccc5)c4cc1B3c1ccc(N(c3ccc(C(C)(C)C)cc3)c3ccc(C(C)(C)C)cc3)cc1O2. The summed E-state index contributed by atoms with van der Waals surface area (Å²) in [5, 5.41) is 2.25. The molecular formula is C53H46BNO2S. The number of rotatable bonds is 5. The lowest BCUT2D eigenvalue weighted by atomic mass is 9.35. The lowest BCUT2D eigenvalue weighted by Gasteiger charge is -2.34. The fraction of sp³-hybridized carbons (Fsp3) is 0.170. The zero-order valence-corrected chi connectivity index (χ0v) is 35.0. The minimum Gasteiger partial charge on any atom is -0.458 e. The molecule has 8 aromatic rings. The van der Waals surface area contributed by atoms with Crippen molar-refractivity contribution in [2.24, 2.45) is 0 Å². The number of anilines is 3. The minimum absolute atomic E-state index is 0.00617. The Bertz CT molecular complexity index is 2790. The van der Waals surface area contributed by atoms with Gasteiger partial charge in [0.25, 0.3) is 6.71 Å². The molecule has 0 atom stereocenters. The summed E-state index contributed by atoms with van der Waals surface area (Å²) in [6.45, 7) is 15.7. The molecule has 2 aliphatic heterocycles. The summed E-state index contributed by atoms with van der Waals surface area (Å²) in [7, 11) is 0. The Balaban J connectivity index is 1.15. The Morgan fingerprint density at radius 2 is 1.03 bits per heavy atom. The molecule has 0 amide bonds. The summed E-state index contributed by atoms with van der Waals surface area (Å²) in [4.78, 5) is 4.85. The average molecular weight is 772 g/mol. The van der Waals surface area contributed by atoms with Crippen LogP contribution >= 0.6 is 11.8 Å². The molecule has 0 saturated heterocycles. The monoisotopic (exact) mass is 771 g/mol. The first-order chi connectivity index (χ1) is 27.9. The summed E-state index contributed by atoms with van der Waals surface area (Å²) in [6, 6.07) is 55.2. The molecule has 5 heteroatoms. The van der Waals surface area contributed by atoms with Crippen LogP contribution in [-0.2, 0) is 10.8 Å². The molecule has 0 N–H and O–H groups in total. The molecule has 0 bridgehead atoms. The van der Waals surface area contributed by atoms with Crippen LogP contribution in [0.15, 0.2) is 166 Å². The van der Waals surface area contributed by atoms with Crippen LogP contribution in [0.2, 0.25) is 0 Å². The van der Waals surface area contributed by atoms with E-state index in [1.165, 1.54) is 42.9 Å². The van der Waals surface area contributed by atoms with Crippen molar-refractivity contribution in [1.29, 1.82) is 0 Å². The van der Waals surface area contributed by atoms with E-state index in [1.807, 2.05) is 11.8 Å². The first-order valence-corrected chi connectivity index (χ1v) is 21.1. The number of hydrogen-bond donors (Lipinski definition) is 0. The maximum atomic E-state index is 6.99. The van der Waals surface area contributed by atoms with Crippen LogP contribution in [0.4, 0.5) is 17.1 Å². The summed E-state index contributed by atoms with van der Waals surface area (Å²) >= 11 is 1.84. The minimum atomic E-state index is -0.00617. The number of aryl methyl sites for hydroxylation is 1. The highest BCUT2D eigenvalue weighted by atomic mass is 32.2. The van der Waals surface area contributed by atoms with Crippen LogP contribution in [-0.4, -0.2) is 6.71 Å². The van der Waals surface area contributed by atoms with Crippen molar-refractivity contribution < 1.29 is 9.15 Å². The van der Waals surface area contributed by atoms with Crippen molar-refractivity contribution in [3.05, 3.63) is 168 Å². The molecule has 284 valence electrons. The first-order valence-electron chi connectivity index (χ1n) is 20.3. The van der Waals surface area contributed by atoms with E-state index in [0.717, 1.165) is 62.0 Å². The highest BCUT2D eigenvalue weighted by molar-refractivity contribution is 8.00. The van der Waals surface area contributed by atoms with Crippen LogP contribution in [0.3, 0.4) is 0 Å². The van der Waals surface area contributed by atoms with Crippen molar-refractivity contribution >= 4 is 62.7 Å². The maximum absolute atomic E-state index is 6.99. The van der Waals surface area contributed by atoms with Gasteiger partial charge in [0, 0.05) is 54.8 Å². The van der Waals surface area contributed by atoms with E-state index in [9.17, 15) is 0 Å². The predicted molar refractivity (Wildman–Crippen MR) is 246 cm³/mol. The van der Waals surface area contributed by atoms with Crippen LogP contribution in [0.5, 0.6) is 11.5 Å². The topological polar surface area (TPSA) is 25.6 Å². The Morgan fingerprint density at radius 1 is 0.500 bits per heavy atom. The van der Waals surface area contributed by atoms with Crippen molar-refractivity contribution in [1.82, 2.24) is 0 Å². The zero-order valence-electron chi connectivity index (χ0n) is 34.2. The lowest BCUT2D eigenvalue weighted by molar-refractivity contribution is 0.486. The van der Waals surface area contributed by atoms with Crippen LogP contribution in [0, 0.1) is 6.92 Å². The molecular weight excluding hydrogens is 725 g/mol. The molecule has 0 fully saturated rings. The molecule has 0 saturated carbocycles. The highest BCUT2D eigenvalue weighted by Crippen LogP contribution is 2.45. The molecule has 0 aliphatic carbocycles. The van der Waals surface area contributed by atoms with Crippen LogP contribution in [0.1, 0.15) is 58.2 Å². The maximum Gasteiger partial charge on any atom is 0.253 e. The van der Waals surface area contributed by atoms with E-state index in [1.54, 1.807) is 0 Å². The molecule has 58 heavy (non-hydrogen) atoms. The summed E-state index contributed by atoms with van der Waals surface area (Å²) < 4.78 is 13.9. The van der Waals surface area contributed by atoms with Crippen LogP contribution in [0.25, 0.3) is 33.4 Å². The van der Waals surface area contributed by atoms with Gasteiger partial charge < -0.3 is 14.1 Å². The van der Waals surface area contributed by atoms with E-state index >= 15 is 0 Å². The van der Waals surface area contributed by atoms with Gasteiger partial charge in [-0.1, -0.05) is 156 Å². The molecule has 0 radical (unpaired) electrons. The first kappa shape index (κ1) is 36.4. The van der Waals surface area contributed by atoms with Gasteiger partial charge in [0.15, 0.2) is 0 Å². The third kappa shape index (κ3) is 6.24. The number of nitrogens with zero attached hydrogens (tertiary/aromatic N) is 1. The molecule has 3 nitrogen and oxygen atoms in total. The Labute approximate surface area is 346 Å². The van der Waals surface area contributed by atoms with Crippen molar-refractivity contribution in [2.45, 2.75) is 69.1 Å². The summed E-state index contributed by atoms with van der Waals surface area (Å²) in [5.41, 5.74) is 13.0. The van der Waals surface area contributed by atoms with Crippen molar-refractivity contribution in [3.63, 3.8) is 0 Å². The third-order valence-electron chi connectivity index (χ3n) is 11.8. The molecule has 2 aliphatic rings. The van der Waals surface area contributed by atoms with E-state index in [4.69, 9.17) is 9.15 Å². The number of ether oxygens (including phenoxy) is 1. The average Bonchev–Trinajstić information content (AvgIpc) is 3.58. The van der Waals surface area contributed by atoms with Crippen molar-refractivity contribution in [3.8, 4) is 34.1 Å². The van der Waals surface area contributed by atoms with E-state index < -0.39 is 0 Å². The Morgan fingerprint density at radius 3 is 1.59 bits per heavy atom. The summed E-state index contributed by atoms with van der Waals surface area (Å²) in [6.07, 6.45) is 0. The molecule has 0 spiro atoms. The highest BCUT2D eigenvalue weighted by Gasteiger charge is 2.40. The van der Waals surface area contributed by atoms with Gasteiger partial charge in [-0.2, -0.15) is 0 Å². The van der Waals surface area contributed by atoms with E-state index in [-0.39, 0.29) is 17.5 Å². The third-order valence-corrected chi connectivity index (χ3v) is 12.9. The van der Waals surface area contributed by atoms with Gasteiger partial charge in [0.05, 0.1) is 0 Å². The predicted octanol–water partition coefficient (Wildman–Crippen LogP) is 13.2. The fourth-order valence-electron chi connectivity index (χ4n) is 8.66. The second-order valence-electron chi connectivity index (χ2n) is 17.9. The Hall–Kier alpha value is -5.91. The fourth-order valence-corrected chi connectivity index (χ4v) is 9.95. The molecule has 0 unspecified atom stereocenters. The lowest BCUT2D eigenvalue weighted by Crippen LogP contribution is -2.57. The molecule has 10 rings (SSSR count). The standard InChI is InChI=1S/C53H46BNO2S/c1-33-28-46-49-48(29-33)58-47-32-42-41(50(34-14-10-8-11-15-34)57-51(42)35-16-12-9-13-17-35)31-44(47)54(49)43-27-26-40(30-45(43)56-46)55(38-22-18-36(19-23-38)52(2,3)4)39-24-20-37(21-25-39)53(5,6)7/h8-32H,1-7H3. The molecule has 3 heterocycles. The number of furan rings is 1. The smallest absolute Gasteiger partial charge is 0.253 e. The second kappa shape index (κ2) is 13.6. The normalized spacial score (nSPS) is 13.1. The van der Waals surface area contributed by atoms with Gasteiger partial charge >= 0.3 is 0 Å². The quantitative estimate of drug-likeness (QED) is 0.163. The van der Waals surface area contributed by atoms with Crippen LogP contribution < -0.4 is 26.0 Å². The molecule has 7 aromatic carbocycles. The second-order valence-corrected chi connectivity index (χ2v) is 19.0. The summed E-state index contributed by atoms with van der Waals surface area (Å²) in [5.74, 6) is 3.61. The van der Waals surface area contributed by atoms with Gasteiger partial charge in [0.2, 0.25) is 0 Å². The largest absolute Gasteiger partial charge is 0.458 e. The van der Waals surface area contributed by atoms with E-state index in [2.05, 4.69) is 205 Å². The van der Waals surface area contributed by atoms with Gasteiger partial charge in [-0.05, 0) is 93.9 Å². The number of hydrogen-bond acceptors (Lipinski definition) is 4. The Kier molecular flexibility index (Phi) is 8.54. The molecule has 1 aromatic heterocycles. The van der Waals surface area contributed by atoms with Gasteiger partial charge in [-0.25, -0.2) is 0 Å². The number of benzene rings is 7. The zero-order chi connectivity index (χ0) is 39.9. The van der Waals surface area contributed by atoms with E-state index in [0.29, 0.717) is 0 Å². The number of fused-ring (bicyclic) bond motifs is 5. The van der Waals surface area contributed by atoms with Gasteiger partial charge in [-0.3, -0.25) is 0 Å². The van der Waals surface area contributed by atoms with Crippen molar-refractivity contribution in [2.75, 3.05) is 4.90 Å². The van der Waals surface area contributed by atoms with Gasteiger partial charge in [0.1, 0.15) is 23.0 Å². The van der Waals surface area contributed by atoms with Gasteiger partial charge in [-0.15, -0.1) is 0 Å².